The smallest absolute Gasteiger partial charge is 0.319 e. The van der Waals surface area contributed by atoms with E-state index in [0.717, 1.165) is 16.8 Å². The molecular formula is C13H21N3O. The molecule has 0 aliphatic carbocycles. The van der Waals surface area contributed by atoms with Crippen molar-refractivity contribution in [2.75, 3.05) is 5.32 Å². The van der Waals surface area contributed by atoms with Crippen molar-refractivity contribution >= 4 is 11.7 Å². The van der Waals surface area contributed by atoms with Gasteiger partial charge in [-0.15, -0.1) is 0 Å². The van der Waals surface area contributed by atoms with Crippen molar-refractivity contribution in [3.05, 3.63) is 29.3 Å². The Morgan fingerprint density at radius 2 is 2.00 bits per heavy atom. The fraction of sp³-hybridized carbons (Fsp3) is 0.462. The van der Waals surface area contributed by atoms with Crippen LogP contribution in [-0.2, 0) is 6.54 Å². The molecule has 0 bridgehead atoms. The van der Waals surface area contributed by atoms with Crippen molar-refractivity contribution in [2.45, 2.75) is 39.8 Å². The molecule has 0 aromatic heterocycles. The van der Waals surface area contributed by atoms with Crippen LogP contribution < -0.4 is 16.4 Å². The number of nitrogens with one attached hydrogen (secondary N) is 2. The molecule has 4 heteroatoms. The first-order valence-electron chi connectivity index (χ1n) is 5.71. The number of nitrogens with two attached hydrogens (primary N) is 1. The Hall–Kier alpha value is -1.55. The lowest BCUT2D eigenvalue weighted by Gasteiger charge is -2.21. The van der Waals surface area contributed by atoms with Gasteiger partial charge < -0.3 is 16.4 Å². The highest BCUT2D eigenvalue weighted by atomic mass is 16.2. The standard InChI is InChI=1S/C13H21N3O/c1-9-6-5-7-11(10(9)8-14)15-12(17)16-13(2,3)4/h5-7H,8,14H2,1-4H3,(H2,15,16,17). The number of hydrogen-bond donors (Lipinski definition) is 3. The van der Waals surface area contributed by atoms with Crippen molar-refractivity contribution in [1.29, 1.82) is 0 Å². The summed E-state index contributed by atoms with van der Waals surface area (Å²) in [5.74, 6) is 0. The Bertz CT molecular complexity index is 408. The minimum absolute atomic E-state index is 0.210. The molecule has 4 N–H and O–H groups in total. The molecule has 94 valence electrons. The van der Waals surface area contributed by atoms with Crippen LogP contribution in [-0.4, -0.2) is 11.6 Å². The lowest BCUT2D eigenvalue weighted by molar-refractivity contribution is 0.244. The highest BCUT2D eigenvalue weighted by Crippen LogP contribution is 2.18. The Morgan fingerprint density at radius 3 is 2.53 bits per heavy atom. The average Bonchev–Trinajstić information content (AvgIpc) is 2.14. The summed E-state index contributed by atoms with van der Waals surface area (Å²) in [7, 11) is 0. The molecule has 1 aromatic carbocycles. The van der Waals surface area contributed by atoms with Crippen molar-refractivity contribution in [3.63, 3.8) is 0 Å². The van der Waals surface area contributed by atoms with E-state index in [4.69, 9.17) is 5.73 Å². The van der Waals surface area contributed by atoms with Crippen LogP contribution in [0.3, 0.4) is 0 Å². The molecule has 0 aliphatic heterocycles. The molecule has 0 saturated heterocycles. The van der Waals surface area contributed by atoms with Gasteiger partial charge in [0.05, 0.1) is 0 Å². The first-order chi connectivity index (χ1) is 7.83. The normalized spacial score (nSPS) is 11.1. The summed E-state index contributed by atoms with van der Waals surface area (Å²) in [5.41, 5.74) is 8.26. The Morgan fingerprint density at radius 1 is 1.35 bits per heavy atom. The molecule has 0 radical (unpaired) electrons. The molecule has 4 nitrogen and oxygen atoms in total. The van der Waals surface area contributed by atoms with Crippen LogP contribution in [0.1, 0.15) is 31.9 Å². The topological polar surface area (TPSA) is 67.2 Å². The van der Waals surface area contributed by atoms with Gasteiger partial charge in [0.2, 0.25) is 0 Å². The molecule has 0 heterocycles. The molecule has 17 heavy (non-hydrogen) atoms. The van der Waals surface area contributed by atoms with E-state index in [0.29, 0.717) is 6.54 Å². The van der Waals surface area contributed by atoms with E-state index in [1.165, 1.54) is 0 Å². The van der Waals surface area contributed by atoms with Gasteiger partial charge in [-0.25, -0.2) is 4.79 Å². The zero-order valence-corrected chi connectivity index (χ0v) is 10.9. The Labute approximate surface area is 103 Å². The zero-order valence-electron chi connectivity index (χ0n) is 10.9. The van der Waals surface area contributed by atoms with Crippen molar-refractivity contribution in [2.24, 2.45) is 5.73 Å². The summed E-state index contributed by atoms with van der Waals surface area (Å²) < 4.78 is 0. The minimum Gasteiger partial charge on any atom is -0.333 e. The van der Waals surface area contributed by atoms with Gasteiger partial charge in [-0.2, -0.15) is 0 Å². The van der Waals surface area contributed by atoms with Gasteiger partial charge in [0.1, 0.15) is 0 Å². The third-order valence-corrected chi connectivity index (χ3v) is 2.35. The Balaban J connectivity index is 2.82. The second-order valence-electron chi connectivity index (χ2n) is 5.13. The number of aryl methyl sites for hydroxylation is 1. The molecule has 0 unspecified atom stereocenters. The number of anilines is 1. The van der Waals surface area contributed by atoms with Gasteiger partial charge in [-0.1, -0.05) is 12.1 Å². The molecule has 0 aliphatic rings. The van der Waals surface area contributed by atoms with Crippen LogP contribution in [0.25, 0.3) is 0 Å². The number of carbonyl (C=O) groups is 1. The monoisotopic (exact) mass is 235 g/mol. The van der Waals surface area contributed by atoms with Crippen LogP contribution >= 0.6 is 0 Å². The Kier molecular flexibility index (Phi) is 4.12. The lowest BCUT2D eigenvalue weighted by atomic mass is 10.1. The number of carbonyl (C=O) groups excluding carboxylic acids is 1. The van der Waals surface area contributed by atoms with Gasteiger partial charge >= 0.3 is 6.03 Å². The maximum Gasteiger partial charge on any atom is 0.319 e. The van der Waals surface area contributed by atoms with Crippen molar-refractivity contribution < 1.29 is 4.79 Å². The SMILES string of the molecule is Cc1cccc(NC(=O)NC(C)(C)C)c1CN. The van der Waals surface area contributed by atoms with Crippen molar-refractivity contribution in [3.8, 4) is 0 Å². The predicted molar refractivity (Wildman–Crippen MR) is 71.0 cm³/mol. The summed E-state index contributed by atoms with van der Waals surface area (Å²) >= 11 is 0. The van der Waals surface area contributed by atoms with E-state index in [9.17, 15) is 4.79 Å². The predicted octanol–water partition coefficient (Wildman–Crippen LogP) is 2.37. The van der Waals surface area contributed by atoms with E-state index in [-0.39, 0.29) is 11.6 Å². The summed E-state index contributed by atoms with van der Waals surface area (Å²) in [5, 5.41) is 5.68. The van der Waals surface area contributed by atoms with E-state index < -0.39 is 0 Å². The number of hydrogen-bond acceptors (Lipinski definition) is 2. The molecule has 0 spiro atoms. The van der Waals surface area contributed by atoms with Crippen LogP contribution in [0.5, 0.6) is 0 Å². The molecule has 1 aromatic rings. The summed E-state index contributed by atoms with van der Waals surface area (Å²) in [6.07, 6.45) is 0. The maximum absolute atomic E-state index is 11.7. The lowest BCUT2D eigenvalue weighted by Crippen LogP contribution is -2.43. The van der Waals surface area contributed by atoms with E-state index in [2.05, 4.69) is 10.6 Å². The first-order valence-corrected chi connectivity index (χ1v) is 5.71. The summed E-state index contributed by atoms with van der Waals surface area (Å²) in [6, 6.07) is 5.53. The van der Waals surface area contributed by atoms with Crippen LogP contribution in [0.4, 0.5) is 10.5 Å². The van der Waals surface area contributed by atoms with Crippen LogP contribution in [0, 0.1) is 6.92 Å². The van der Waals surface area contributed by atoms with Gasteiger partial charge in [0.25, 0.3) is 0 Å². The van der Waals surface area contributed by atoms with Gasteiger partial charge in [0.15, 0.2) is 0 Å². The quantitative estimate of drug-likeness (QED) is 0.736. The molecule has 2 amide bonds. The van der Waals surface area contributed by atoms with Crippen molar-refractivity contribution in [1.82, 2.24) is 5.32 Å². The van der Waals surface area contributed by atoms with E-state index in [1.54, 1.807) is 0 Å². The van der Waals surface area contributed by atoms with Gasteiger partial charge in [-0.05, 0) is 44.9 Å². The van der Waals surface area contributed by atoms with E-state index in [1.807, 2.05) is 45.9 Å². The number of rotatable bonds is 2. The van der Waals surface area contributed by atoms with E-state index >= 15 is 0 Å². The summed E-state index contributed by atoms with van der Waals surface area (Å²) in [4.78, 5) is 11.7. The molecule has 1 rings (SSSR count). The van der Waals surface area contributed by atoms with Gasteiger partial charge in [0, 0.05) is 17.8 Å². The molecule has 0 saturated carbocycles. The summed E-state index contributed by atoms with van der Waals surface area (Å²) in [6.45, 7) is 8.21. The highest BCUT2D eigenvalue weighted by molar-refractivity contribution is 5.90. The highest BCUT2D eigenvalue weighted by Gasteiger charge is 2.14. The van der Waals surface area contributed by atoms with Crippen LogP contribution in [0.2, 0.25) is 0 Å². The number of amides is 2. The second-order valence-corrected chi connectivity index (χ2v) is 5.13. The number of urea groups is 1. The second kappa shape index (κ2) is 5.19. The third kappa shape index (κ3) is 4.07. The van der Waals surface area contributed by atoms with Crippen LogP contribution in [0.15, 0.2) is 18.2 Å². The minimum atomic E-state index is -0.253. The average molecular weight is 235 g/mol. The number of benzene rings is 1. The fourth-order valence-electron chi connectivity index (χ4n) is 1.58. The fourth-order valence-corrected chi connectivity index (χ4v) is 1.58. The van der Waals surface area contributed by atoms with Gasteiger partial charge in [-0.3, -0.25) is 0 Å². The molecular weight excluding hydrogens is 214 g/mol. The molecule has 0 atom stereocenters. The first kappa shape index (κ1) is 13.5. The zero-order chi connectivity index (χ0) is 13.1. The largest absolute Gasteiger partial charge is 0.333 e. The molecule has 0 fully saturated rings. The third-order valence-electron chi connectivity index (χ3n) is 2.35. The maximum atomic E-state index is 11.7.